The molecule has 1 aliphatic rings. The van der Waals surface area contributed by atoms with Crippen molar-refractivity contribution in [2.75, 3.05) is 26.2 Å². The zero-order valence-corrected chi connectivity index (χ0v) is 19.7. The van der Waals surface area contributed by atoms with E-state index in [4.69, 9.17) is 4.74 Å². The third kappa shape index (κ3) is 4.21. The summed E-state index contributed by atoms with van der Waals surface area (Å²) in [5.74, 6) is 0. The van der Waals surface area contributed by atoms with Gasteiger partial charge in [0.15, 0.2) is 5.65 Å². The Morgan fingerprint density at radius 1 is 1.18 bits per heavy atom. The van der Waals surface area contributed by atoms with E-state index in [0.717, 1.165) is 46.3 Å². The third-order valence-electron chi connectivity index (χ3n) is 6.46. The van der Waals surface area contributed by atoms with Gasteiger partial charge in [-0.05, 0) is 44.0 Å². The van der Waals surface area contributed by atoms with Gasteiger partial charge in [-0.3, -0.25) is 19.0 Å². The Kier molecular flexibility index (Phi) is 6.14. The molecule has 4 aromatic rings. The summed E-state index contributed by atoms with van der Waals surface area (Å²) in [7, 11) is 1.72. The summed E-state index contributed by atoms with van der Waals surface area (Å²) in [5, 5.41) is 9.51. The molecule has 0 aliphatic carbocycles. The Hall–Kier alpha value is -3.17. The second-order valence-electron chi connectivity index (χ2n) is 9.19. The molecule has 1 atom stereocenters. The highest BCUT2D eigenvalue weighted by Crippen LogP contribution is 2.28. The Bertz CT molecular complexity index is 1380. The molecule has 0 radical (unpaired) electrons. The molecule has 4 heterocycles. The van der Waals surface area contributed by atoms with Crippen LogP contribution in [0.2, 0.25) is 0 Å². The lowest BCUT2D eigenvalue weighted by molar-refractivity contribution is 0.0954. The smallest absolute Gasteiger partial charge is 0.330 e. The van der Waals surface area contributed by atoms with Crippen LogP contribution in [0.5, 0.6) is 0 Å². The second kappa shape index (κ2) is 9.23. The zero-order chi connectivity index (χ0) is 23.8. The van der Waals surface area contributed by atoms with Crippen LogP contribution in [0, 0.1) is 0 Å². The number of nitrogens with zero attached hydrogens (tertiary/aromatic N) is 6. The van der Waals surface area contributed by atoms with Gasteiger partial charge in [-0.2, -0.15) is 0 Å². The van der Waals surface area contributed by atoms with Gasteiger partial charge in [0, 0.05) is 49.9 Å². The van der Waals surface area contributed by atoms with Gasteiger partial charge in [-0.25, -0.2) is 9.18 Å². The summed E-state index contributed by atoms with van der Waals surface area (Å²) in [6.45, 7) is 7.02. The Labute approximate surface area is 197 Å². The van der Waals surface area contributed by atoms with Crippen LogP contribution >= 0.6 is 0 Å². The molecule has 8 nitrogen and oxygen atoms in total. The maximum absolute atomic E-state index is 13.2. The highest BCUT2D eigenvalue weighted by atomic mass is 19.1. The molecule has 178 valence electrons. The van der Waals surface area contributed by atoms with Crippen molar-refractivity contribution in [2.45, 2.75) is 39.1 Å². The second-order valence-corrected chi connectivity index (χ2v) is 9.19. The molecule has 0 bridgehead atoms. The van der Waals surface area contributed by atoms with Crippen molar-refractivity contribution >= 4 is 22.1 Å². The van der Waals surface area contributed by atoms with E-state index in [1.807, 2.05) is 50.4 Å². The minimum atomic E-state index is -0.702. The number of likely N-dealkylation sites (tertiary alicyclic amines) is 1. The van der Waals surface area contributed by atoms with Crippen LogP contribution in [0.1, 0.15) is 32.0 Å². The van der Waals surface area contributed by atoms with Gasteiger partial charge in [0.2, 0.25) is 0 Å². The van der Waals surface area contributed by atoms with Gasteiger partial charge in [0.05, 0.1) is 24.4 Å². The number of halogens is 1. The molecule has 1 aliphatic heterocycles. The zero-order valence-electron chi connectivity index (χ0n) is 19.7. The van der Waals surface area contributed by atoms with Crippen LogP contribution in [0.25, 0.3) is 33.2 Å². The predicted molar refractivity (Wildman–Crippen MR) is 130 cm³/mol. The first kappa shape index (κ1) is 22.6. The van der Waals surface area contributed by atoms with E-state index in [1.54, 1.807) is 16.2 Å². The molecule has 0 unspecified atom stereocenters. The van der Waals surface area contributed by atoms with Crippen molar-refractivity contribution in [3.63, 3.8) is 0 Å². The molecule has 0 amide bonds. The maximum atomic E-state index is 13.2. The van der Waals surface area contributed by atoms with Crippen LogP contribution in [0.3, 0.4) is 0 Å². The van der Waals surface area contributed by atoms with Crippen molar-refractivity contribution < 1.29 is 9.13 Å². The first-order valence-corrected chi connectivity index (χ1v) is 11.7. The van der Waals surface area contributed by atoms with Crippen molar-refractivity contribution in [2.24, 2.45) is 7.05 Å². The summed E-state index contributed by atoms with van der Waals surface area (Å²) >= 11 is 0. The highest BCUT2D eigenvalue weighted by Gasteiger charge is 2.21. The maximum Gasteiger partial charge on any atom is 0.330 e. The number of hydrogen-bond donors (Lipinski definition) is 0. The standard InChI is InChI=1S/C25H29FN6O2/c1-16(2)32-23-21-12-17(5-7-22(21)28-29-24(23)30(3)25(32)33)18-4-6-20(27-13-18)15-34-11-10-31-9-8-19(26)14-31/h4-7,12-13,16,19H,8-11,14-15H2,1-3H3/t19-/m0/s1. The number of pyridine rings is 1. The molecule has 9 heteroatoms. The predicted octanol–water partition coefficient (Wildman–Crippen LogP) is 3.49. The highest BCUT2D eigenvalue weighted by molar-refractivity contribution is 6.02. The number of benzene rings is 1. The minimum Gasteiger partial charge on any atom is -0.374 e. The molecule has 5 rings (SSSR count). The summed E-state index contributed by atoms with van der Waals surface area (Å²) in [6.07, 6.45) is 1.75. The van der Waals surface area contributed by atoms with E-state index < -0.39 is 6.17 Å². The topological polar surface area (TPSA) is 78.1 Å². The van der Waals surface area contributed by atoms with E-state index in [9.17, 15) is 9.18 Å². The molecule has 0 N–H and O–H groups in total. The van der Waals surface area contributed by atoms with Crippen LogP contribution in [0.15, 0.2) is 41.3 Å². The first-order chi connectivity index (χ1) is 16.4. The summed E-state index contributed by atoms with van der Waals surface area (Å²) in [5.41, 5.74) is 4.82. The fraction of sp³-hybridized carbons (Fsp3) is 0.440. The third-order valence-corrected chi connectivity index (χ3v) is 6.46. The normalized spacial score (nSPS) is 16.9. The van der Waals surface area contributed by atoms with E-state index >= 15 is 0 Å². The summed E-state index contributed by atoms with van der Waals surface area (Å²) < 4.78 is 22.3. The molecule has 3 aromatic heterocycles. The van der Waals surface area contributed by atoms with Crippen LogP contribution in [-0.4, -0.2) is 61.6 Å². The lowest BCUT2D eigenvalue weighted by Gasteiger charge is -2.14. The number of imidazole rings is 1. The number of fused-ring (bicyclic) bond motifs is 3. The Morgan fingerprint density at radius 3 is 2.71 bits per heavy atom. The average Bonchev–Trinajstić information content (AvgIpc) is 3.37. The van der Waals surface area contributed by atoms with E-state index in [1.165, 1.54) is 0 Å². The molecule has 34 heavy (non-hydrogen) atoms. The number of aromatic nitrogens is 5. The molecule has 0 saturated carbocycles. The Morgan fingerprint density at radius 2 is 2.00 bits per heavy atom. The van der Waals surface area contributed by atoms with Gasteiger partial charge < -0.3 is 4.74 Å². The van der Waals surface area contributed by atoms with Crippen LogP contribution in [-0.2, 0) is 18.4 Å². The number of ether oxygens (including phenoxy) is 1. The van der Waals surface area contributed by atoms with Crippen molar-refractivity contribution in [3.8, 4) is 11.1 Å². The SMILES string of the molecule is CC(C)n1c(=O)n(C)c2nnc3ccc(-c4ccc(COCCN5CC[C@H](F)C5)nc4)cc3c21. The first-order valence-electron chi connectivity index (χ1n) is 11.7. The van der Waals surface area contributed by atoms with Gasteiger partial charge in [0.25, 0.3) is 0 Å². The monoisotopic (exact) mass is 464 g/mol. The summed E-state index contributed by atoms with van der Waals surface area (Å²) in [4.78, 5) is 19.4. The minimum absolute atomic E-state index is 0.00271. The fourth-order valence-electron chi connectivity index (χ4n) is 4.59. The van der Waals surface area contributed by atoms with Crippen molar-refractivity contribution in [1.82, 2.24) is 29.2 Å². The lowest BCUT2D eigenvalue weighted by Crippen LogP contribution is -2.25. The van der Waals surface area contributed by atoms with Crippen molar-refractivity contribution in [3.05, 3.63) is 52.7 Å². The molecular formula is C25H29FN6O2. The van der Waals surface area contributed by atoms with Gasteiger partial charge in [-0.1, -0.05) is 12.1 Å². The van der Waals surface area contributed by atoms with Crippen LogP contribution in [0.4, 0.5) is 4.39 Å². The number of aryl methyl sites for hydroxylation is 1. The lowest BCUT2D eigenvalue weighted by atomic mass is 10.0. The number of alkyl halides is 1. The van der Waals surface area contributed by atoms with Gasteiger partial charge in [-0.15, -0.1) is 10.2 Å². The quantitative estimate of drug-likeness (QED) is 0.390. The summed E-state index contributed by atoms with van der Waals surface area (Å²) in [6, 6.07) is 9.94. The van der Waals surface area contributed by atoms with E-state index in [2.05, 4.69) is 20.1 Å². The molecule has 1 aromatic carbocycles. The van der Waals surface area contributed by atoms with Gasteiger partial charge >= 0.3 is 5.69 Å². The van der Waals surface area contributed by atoms with Crippen LogP contribution < -0.4 is 5.69 Å². The van der Waals surface area contributed by atoms with E-state index in [0.29, 0.717) is 31.8 Å². The van der Waals surface area contributed by atoms with Gasteiger partial charge in [0.1, 0.15) is 11.7 Å². The average molecular weight is 465 g/mol. The van der Waals surface area contributed by atoms with E-state index in [-0.39, 0.29) is 11.7 Å². The molecule has 0 spiro atoms. The number of rotatable bonds is 7. The van der Waals surface area contributed by atoms with Crippen molar-refractivity contribution in [1.29, 1.82) is 0 Å². The molecule has 1 fully saturated rings. The fourth-order valence-corrected chi connectivity index (χ4v) is 4.59. The largest absolute Gasteiger partial charge is 0.374 e. The number of hydrogen-bond acceptors (Lipinski definition) is 6. The molecule has 1 saturated heterocycles. The Balaban J connectivity index is 1.36. The molecular weight excluding hydrogens is 435 g/mol.